The molecular formula is C28H25N3O. The quantitative estimate of drug-likeness (QED) is 0.460. The second-order valence-corrected chi connectivity index (χ2v) is 8.53. The molecule has 0 saturated carbocycles. The van der Waals surface area contributed by atoms with Crippen LogP contribution in [0.5, 0.6) is 5.75 Å². The molecular weight excluding hydrogens is 394 g/mol. The van der Waals surface area contributed by atoms with Gasteiger partial charge in [-0.3, -0.25) is 9.91 Å². The fourth-order valence-corrected chi connectivity index (χ4v) is 5.17. The summed E-state index contributed by atoms with van der Waals surface area (Å²) in [6.45, 7) is 3.63. The van der Waals surface area contributed by atoms with Gasteiger partial charge in [-0.2, -0.15) is 5.10 Å². The summed E-state index contributed by atoms with van der Waals surface area (Å²) < 4.78 is 0. The number of fused-ring (bicyclic) bond motifs is 4. The van der Waals surface area contributed by atoms with Gasteiger partial charge in [-0.05, 0) is 39.1 Å². The van der Waals surface area contributed by atoms with Crippen LogP contribution in [0.4, 0.5) is 0 Å². The Bertz CT molecular complexity index is 1280. The van der Waals surface area contributed by atoms with Gasteiger partial charge < -0.3 is 5.11 Å². The molecule has 0 spiro atoms. The molecule has 1 aliphatic heterocycles. The van der Waals surface area contributed by atoms with Crippen molar-refractivity contribution in [1.29, 1.82) is 0 Å². The van der Waals surface area contributed by atoms with Gasteiger partial charge in [0.1, 0.15) is 5.75 Å². The van der Waals surface area contributed by atoms with Crippen LogP contribution in [0.2, 0.25) is 0 Å². The first-order chi connectivity index (χ1) is 15.8. The minimum atomic E-state index is 0.269. The van der Waals surface area contributed by atoms with Gasteiger partial charge in [0, 0.05) is 31.7 Å². The van der Waals surface area contributed by atoms with Crippen LogP contribution in [0.25, 0.3) is 21.9 Å². The molecule has 0 radical (unpaired) electrons. The number of hydrazone groups is 1. The van der Waals surface area contributed by atoms with E-state index in [1.54, 1.807) is 6.07 Å². The van der Waals surface area contributed by atoms with Crippen LogP contribution in [-0.4, -0.2) is 47.4 Å². The zero-order valence-electron chi connectivity index (χ0n) is 17.9. The Hall–Kier alpha value is -3.63. The van der Waals surface area contributed by atoms with E-state index >= 15 is 0 Å². The Morgan fingerprint density at radius 3 is 2.06 bits per heavy atom. The zero-order chi connectivity index (χ0) is 21.5. The topological polar surface area (TPSA) is 39.1 Å². The summed E-state index contributed by atoms with van der Waals surface area (Å²) in [4.78, 5) is 2.58. The number of hydrogen-bond donors (Lipinski definition) is 1. The second-order valence-electron chi connectivity index (χ2n) is 8.53. The number of piperazine rings is 1. The average Bonchev–Trinajstić information content (AvgIpc) is 3.18. The van der Waals surface area contributed by atoms with E-state index in [9.17, 15) is 5.11 Å². The third kappa shape index (κ3) is 3.15. The van der Waals surface area contributed by atoms with Crippen LogP contribution < -0.4 is 0 Å². The molecule has 4 nitrogen and oxygen atoms in total. The predicted molar refractivity (Wildman–Crippen MR) is 130 cm³/mol. The fraction of sp³-hybridized carbons (Fsp3) is 0.179. The molecule has 0 bridgehead atoms. The van der Waals surface area contributed by atoms with Crippen molar-refractivity contribution in [2.75, 3.05) is 26.2 Å². The van der Waals surface area contributed by atoms with Gasteiger partial charge >= 0.3 is 0 Å². The van der Waals surface area contributed by atoms with Gasteiger partial charge in [0.05, 0.1) is 12.3 Å². The fourth-order valence-electron chi connectivity index (χ4n) is 5.17. The number of phenols is 1. The first-order valence-electron chi connectivity index (χ1n) is 11.2. The smallest absolute Gasteiger partial charge is 0.125 e. The molecule has 158 valence electrons. The van der Waals surface area contributed by atoms with E-state index in [1.165, 1.54) is 22.3 Å². The minimum Gasteiger partial charge on any atom is -0.507 e. The molecule has 0 amide bonds. The van der Waals surface area contributed by atoms with Crippen LogP contribution in [0.3, 0.4) is 0 Å². The molecule has 4 aromatic rings. The van der Waals surface area contributed by atoms with Crippen molar-refractivity contribution in [1.82, 2.24) is 9.91 Å². The van der Waals surface area contributed by atoms with Crippen molar-refractivity contribution in [2.24, 2.45) is 5.10 Å². The Balaban J connectivity index is 1.22. The molecule has 2 aliphatic rings. The van der Waals surface area contributed by atoms with Gasteiger partial charge in [0.25, 0.3) is 0 Å². The minimum absolute atomic E-state index is 0.269. The first kappa shape index (κ1) is 19.1. The van der Waals surface area contributed by atoms with Crippen molar-refractivity contribution in [3.8, 4) is 16.9 Å². The van der Waals surface area contributed by atoms with Gasteiger partial charge in [-0.1, -0.05) is 78.9 Å². The third-order valence-corrected chi connectivity index (χ3v) is 6.75. The third-order valence-electron chi connectivity index (χ3n) is 6.75. The van der Waals surface area contributed by atoms with Crippen LogP contribution in [0, 0.1) is 0 Å². The largest absolute Gasteiger partial charge is 0.507 e. The molecule has 1 N–H and O–H groups in total. The summed E-state index contributed by atoms with van der Waals surface area (Å²) >= 11 is 0. The molecule has 1 heterocycles. The van der Waals surface area contributed by atoms with Crippen molar-refractivity contribution < 1.29 is 5.11 Å². The lowest BCUT2D eigenvalue weighted by Crippen LogP contribution is -2.45. The molecule has 0 unspecified atom stereocenters. The molecule has 0 aromatic heterocycles. The highest BCUT2D eigenvalue weighted by Crippen LogP contribution is 2.46. The van der Waals surface area contributed by atoms with Crippen molar-refractivity contribution >= 4 is 17.0 Å². The summed E-state index contributed by atoms with van der Waals surface area (Å²) in [6, 6.07) is 29.7. The standard InChI is InChI=1S/C28H25N3O/c32-27-14-13-20-7-1-2-8-21(20)26(27)19-29-31-17-15-30(16-18-31)28-24-11-5-3-9-22(24)23-10-4-6-12-25(23)28/h1-14,19,28,32H,15-18H2/b29-19+. The lowest BCUT2D eigenvalue weighted by Gasteiger charge is -2.37. The Kier molecular flexibility index (Phi) is 4.66. The summed E-state index contributed by atoms with van der Waals surface area (Å²) in [5.74, 6) is 0.269. The molecule has 1 fully saturated rings. The molecule has 0 atom stereocenters. The molecule has 4 heteroatoms. The van der Waals surface area contributed by atoms with Crippen molar-refractivity contribution in [3.63, 3.8) is 0 Å². The maximum atomic E-state index is 10.4. The lowest BCUT2D eigenvalue weighted by atomic mass is 10.0. The van der Waals surface area contributed by atoms with Gasteiger partial charge in [-0.15, -0.1) is 0 Å². The highest BCUT2D eigenvalue weighted by atomic mass is 16.3. The second kappa shape index (κ2) is 7.81. The number of nitrogens with zero attached hydrogens (tertiary/aromatic N) is 3. The average molecular weight is 420 g/mol. The number of aromatic hydroxyl groups is 1. The Morgan fingerprint density at radius 2 is 1.34 bits per heavy atom. The van der Waals surface area contributed by atoms with Crippen LogP contribution in [0.15, 0.2) is 90.0 Å². The number of phenolic OH excluding ortho intramolecular Hbond substituents is 1. The summed E-state index contributed by atoms with van der Waals surface area (Å²) in [7, 11) is 0. The zero-order valence-corrected chi connectivity index (χ0v) is 17.9. The van der Waals surface area contributed by atoms with E-state index in [-0.39, 0.29) is 5.75 Å². The van der Waals surface area contributed by atoms with E-state index < -0.39 is 0 Å². The first-order valence-corrected chi connectivity index (χ1v) is 11.2. The molecule has 1 saturated heterocycles. The molecule has 6 rings (SSSR count). The Morgan fingerprint density at radius 1 is 0.719 bits per heavy atom. The maximum Gasteiger partial charge on any atom is 0.125 e. The monoisotopic (exact) mass is 419 g/mol. The number of rotatable bonds is 3. The van der Waals surface area contributed by atoms with E-state index in [4.69, 9.17) is 5.10 Å². The van der Waals surface area contributed by atoms with E-state index in [0.717, 1.165) is 42.5 Å². The van der Waals surface area contributed by atoms with E-state index in [1.807, 2.05) is 30.5 Å². The molecule has 4 aromatic carbocycles. The van der Waals surface area contributed by atoms with Crippen molar-refractivity contribution in [2.45, 2.75) is 6.04 Å². The number of hydrogen-bond acceptors (Lipinski definition) is 4. The lowest BCUT2D eigenvalue weighted by molar-refractivity contribution is 0.114. The SMILES string of the molecule is Oc1ccc2ccccc2c1/C=N/N1CCN(C2c3ccccc3-c3ccccc32)CC1. The van der Waals surface area contributed by atoms with Crippen LogP contribution in [-0.2, 0) is 0 Å². The highest BCUT2D eigenvalue weighted by molar-refractivity contribution is 6.02. The van der Waals surface area contributed by atoms with Gasteiger partial charge in [0.15, 0.2) is 0 Å². The normalized spacial score (nSPS) is 16.6. The summed E-state index contributed by atoms with van der Waals surface area (Å²) in [5, 5.41) is 19.4. The summed E-state index contributed by atoms with van der Waals surface area (Å²) in [5.41, 5.74) is 6.32. The highest BCUT2D eigenvalue weighted by Gasteiger charge is 2.33. The van der Waals surface area contributed by atoms with Gasteiger partial charge in [0.2, 0.25) is 0 Å². The van der Waals surface area contributed by atoms with Crippen molar-refractivity contribution in [3.05, 3.63) is 102 Å². The predicted octanol–water partition coefficient (Wildman–Crippen LogP) is 5.27. The maximum absolute atomic E-state index is 10.4. The molecule has 1 aliphatic carbocycles. The Labute approximate surface area is 188 Å². The van der Waals surface area contributed by atoms with Crippen LogP contribution >= 0.6 is 0 Å². The van der Waals surface area contributed by atoms with E-state index in [2.05, 4.69) is 64.5 Å². The van der Waals surface area contributed by atoms with E-state index in [0.29, 0.717) is 6.04 Å². The number of benzene rings is 4. The summed E-state index contributed by atoms with van der Waals surface area (Å²) in [6.07, 6.45) is 1.81. The van der Waals surface area contributed by atoms with Crippen LogP contribution in [0.1, 0.15) is 22.7 Å². The van der Waals surface area contributed by atoms with Gasteiger partial charge in [-0.25, -0.2) is 0 Å². The molecule has 32 heavy (non-hydrogen) atoms.